The summed E-state index contributed by atoms with van der Waals surface area (Å²) >= 11 is 0. The van der Waals surface area contributed by atoms with E-state index in [-0.39, 0.29) is 36.4 Å². The molecule has 8 nitrogen and oxygen atoms in total. The quantitative estimate of drug-likeness (QED) is 0.390. The summed E-state index contributed by atoms with van der Waals surface area (Å²) < 4.78 is 28.4. The lowest BCUT2D eigenvalue weighted by Gasteiger charge is -2.35. The second-order valence-electron chi connectivity index (χ2n) is 9.22. The molecule has 0 bridgehead atoms. The van der Waals surface area contributed by atoms with Crippen LogP contribution in [-0.4, -0.2) is 56.5 Å². The third-order valence-corrected chi connectivity index (χ3v) is 7.23. The summed E-state index contributed by atoms with van der Waals surface area (Å²) in [7, 11) is 4.61. The van der Waals surface area contributed by atoms with Crippen molar-refractivity contribution in [3.8, 4) is 45.6 Å². The molecule has 0 spiro atoms. The number of aliphatic hydroxyl groups excluding tert-OH is 2. The molecule has 0 fully saturated rings. The molecule has 1 aliphatic heterocycles. The molecule has 5 rings (SSSR count). The number of hydrogen-bond donors (Lipinski definition) is 3. The van der Waals surface area contributed by atoms with Crippen molar-refractivity contribution in [3.63, 3.8) is 0 Å². The van der Waals surface area contributed by atoms with Crippen molar-refractivity contribution in [2.75, 3.05) is 41.2 Å². The Bertz CT molecular complexity index is 1280. The molecule has 37 heavy (non-hydrogen) atoms. The molecule has 3 N–H and O–H groups in total. The van der Waals surface area contributed by atoms with Crippen LogP contribution in [-0.2, 0) is 12.8 Å². The van der Waals surface area contributed by atoms with Gasteiger partial charge in [0.2, 0.25) is 5.75 Å². The Hall–Kier alpha value is -3.62. The fourth-order valence-electron chi connectivity index (χ4n) is 5.38. The van der Waals surface area contributed by atoms with E-state index >= 15 is 0 Å². The lowest BCUT2D eigenvalue weighted by Crippen LogP contribution is -2.26. The maximum absolute atomic E-state index is 11.7. The number of phenolic OH excluding ortho intramolecular Hbond substituents is 1. The van der Waals surface area contributed by atoms with Crippen LogP contribution in [0.25, 0.3) is 11.1 Å². The van der Waals surface area contributed by atoms with Crippen molar-refractivity contribution in [1.82, 2.24) is 0 Å². The van der Waals surface area contributed by atoms with E-state index in [1.165, 1.54) is 14.2 Å². The minimum Gasteiger partial charge on any atom is -0.502 e. The minimum atomic E-state index is -0.829. The van der Waals surface area contributed by atoms with Crippen LogP contribution in [0.3, 0.4) is 0 Å². The first-order valence-corrected chi connectivity index (χ1v) is 12.4. The number of fused-ring (bicyclic) bond motifs is 5. The Labute approximate surface area is 215 Å². The van der Waals surface area contributed by atoms with E-state index in [9.17, 15) is 10.2 Å². The zero-order valence-corrected chi connectivity index (χ0v) is 21.2. The van der Waals surface area contributed by atoms with Crippen molar-refractivity contribution < 1.29 is 39.0 Å². The first-order chi connectivity index (χ1) is 18.0. The molecule has 1 heterocycles. The largest absolute Gasteiger partial charge is 0.502 e. The molecule has 2 aliphatic rings. The topological polar surface area (TPSA) is 107 Å². The highest BCUT2D eigenvalue weighted by molar-refractivity contribution is 5.79. The fourth-order valence-corrected chi connectivity index (χ4v) is 5.38. The van der Waals surface area contributed by atoms with Crippen molar-refractivity contribution in [2.24, 2.45) is 0 Å². The minimum absolute atomic E-state index is 0.0644. The zero-order chi connectivity index (χ0) is 26.1. The molecule has 2 atom stereocenters. The summed E-state index contributed by atoms with van der Waals surface area (Å²) in [5.41, 5.74) is 5.67. The van der Waals surface area contributed by atoms with Crippen LogP contribution in [0.1, 0.15) is 40.7 Å². The molecule has 0 aromatic heterocycles. The van der Waals surface area contributed by atoms with Crippen molar-refractivity contribution >= 4 is 0 Å². The van der Waals surface area contributed by atoms with E-state index in [1.54, 1.807) is 19.2 Å². The molecule has 8 heteroatoms. The van der Waals surface area contributed by atoms with Gasteiger partial charge in [0.25, 0.3) is 0 Å². The van der Waals surface area contributed by atoms with E-state index in [2.05, 4.69) is 0 Å². The third kappa shape index (κ3) is 4.40. The molecular formula is C29H32O8. The number of aliphatic hydroxyl groups is 2. The normalized spacial score (nSPS) is 17.6. The molecule has 0 radical (unpaired) electrons. The second-order valence-corrected chi connectivity index (χ2v) is 9.22. The highest BCUT2D eigenvalue weighted by atomic mass is 16.5. The van der Waals surface area contributed by atoms with E-state index in [4.69, 9.17) is 28.8 Å². The number of hydrogen-bond acceptors (Lipinski definition) is 8. The maximum atomic E-state index is 11.7. The molecule has 3 aromatic carbocycles. The average molecular weight is 509 g/mol. The van der Waals surface area contributed by atoms with E-state index in [0.29, 0.717) is 24.5 Å². The van der Waals surface area contributed by atoms with Crippen LogP contribution in [0.4, 0.5) is 0 Å². The SMILES string of the molecule is COc1cc(C2COc3ccc4c(c3C2O)CCc2c(OC)cc(OCCCO)cc2-4)cc(OC)c1O. The monoisotopic (exact) mass is 508 g/mol. The molecule has 0 saturated carbocycles. The number of rotatable bonds is 8. The van der Waals surface area contributed by atoms with E-state index < -0.39 is 6.10 Å². The number of phenols is 1. The first-order valence-electron chi connectivity index (χ1n) is 12.4. The summed E-state index contributed by atoms with van der Waals surface area (Å²) in [5, 5.41) is 31.1. The van der Waals surface area contributed by atoms with E-state index in [1.807, 2.05) is 24.3 Å². The molecule has 0 amide bonds. The van der Waals surface area contributed by atoms with Crippen LogP contribution >= 0.6 is 0 Å². The molecule has 196 valence electrons. The summed E-state index contributed by atoms with van der Waals surface area (Å²) in [6, 6.07) is 11.3. The van der Waals surface area contributed by atoms with Gasteiger partial charge in [0.1, 0.15) is 17.2 Å². The van der Waals surface area contributed by atoms with Gasteiger partial charge in [0.05, 0.1) is 40.6 Å². The van der Waals surface area contributed by atoms with Crippen molar-refractivity contribution in [3.05, 3.63) is 58.7 Å². The van der Waals surface area contributed by atoms with Gasteiger partial charge in [0.15, 0.2) is 11.5 Å². The predicted molar refractivity (Wildman–Crippen MR) is 137 cm³/mol. The Morgan fingerprint density at radius 1 is 0.892 bits per heavy atom. The summed E-state index contributed by atoms with van der Waals surface area (Å²) in [6.45, 7) is 0.745. The number of benzene rings is 3. The highest BCUT2D eigenvalue weighted by Crippen LogP contribution is 2.50. The lowest BCUT2D eigenvalue weighted by atomic mass is 9.77. The van der Waals surface area contributed by atoms with Gasteiger partial charge in [-0.05, 0) is 59.4 Å². The zero-order valence-electron chi connectivity index (χ0n) is 21.2. The van der Waals surface area contributed by atoms with Gasteiger partial charge in [0, 0.05) is 36.1 Å². The van der Waals surface area contributed by atoms with Gasteiger partial charge in [-0.2, -0.15) is 0 Å². The van der Waals surface area contributed by atoms with Gasteiger partial charge in [-0.1, -0.05) is 6.07 Å². The summed E-state index contributed by atoms with van der Waals surface area (Å²) in [5.74, 6) is 2.19. The molecular weight excluding hydrogens is 476 g/mol. The smallest absolute Gasteiger partial charge is 0.200 e. The van der Waals surface area contributed by atoms with Gasteiger partial charge in [-0.15, -0.1) is 0 Å². The highest BCUT2D eigenvalue weighted by Gasteiger charge is 2.36. The number of ether oxygens (including phenoxy) is 5. The number of methoxy groups -OCH3 is 3. The number of aromatic hydroxyl groups is 1. The Morgan fingerprint density at radius 2 is 1.59 bits per heavy atom. The van der Waals surface area contributed by atoms with Crippen molar-refractivity contribution in [1.29, 1.82) is 0 Å². The Morgan fingerprint density at radius 3 is 2.27 bits per heavy atom. The summed E-state index contributed by atoms with van der Waals surface area (Å²) in [4.78, 5) is 0. The Kier molecular flexibility index (Phi) is 7.04. The van der Waals surface area contributed by atoms with Crippen LogP contribution < -0.4 is 23.7 Å². The molecule has 1 aliphatic carbocycles. The predicted octanol–water partition coefficient (Wildman–Crippen LogP) is 4.15. The van der Waals surface area contributed by atoms with Gasteiger partial charge < -0.3 is 39.0 Å². The van der Waals surface area contributed by atoms with Crippen LogP contribution in [0, 0.1) is 0 Å². The standard InChI is InChI=1S/C29H32O8/c1-33-24-14-17(36-10-4-9-30)13-21-18-7-8-23-27(20(18)6-5-19(21)24)28(31)22(15-37-23)16-11-25(34-2)29(32)26(12-16)35-3/h7-8,11-14,22,28,30-32H,4-6,9-10,15H2,1-3H3. The lowest BCUT2D eigenvalue weighted by molar-refractivity contribution is 0.0878. The van der Waals surface area contributed by atoms with E-state index in [0.717, 1.165) is 52.0 Å². The first kappa shape index (κ1) is 25.0. The van der Waals surface area contributed by atoms with Crippen LogP contribution in [0.15, 0.2) is 36.4 Å². The van der Waals surface area contributed by atoms with Crippen LogP contribution in [0.5, 0.6) is 34.5 Å². The Balaban J connectivity index is 1.57. The van der Waals surface area contributed by atoms with Gasteiger partial charge >= 0.3 is 0 Å². The van der Waals surface area contributed by atoms with Crippen LogP contribution in [0.2, 0.25) is 0 Å². The molecule has 3 aromatic rings. The van der Waals surface area contributed by atoms with Gasteiger partial charge in [-0.3, -0.25) is 0 Å². The molecule has 2 unspecified atom stereocenters. The summed E-state index contributed by atoms with van der Waals surface area (Å²) in [6.07, 6.45) is 1.19. The second kappa shape index (κ2) is 10.4. The van der Waals surface area contributed by atoms with Gasteiger partial charge in [-0.25, -0.2) is 0 Å². The fraction of sp³-hybridized carbons (Fsp3) is 0.379. The third-order valence-electron chi connectivity index (χ3n) is 7.23. The average Bonchev–Trinajstić information content (AvgIpc) is 2.92. The maximum Gasteiger partial charge on any atom is 0.200 e. The van der Waals surface area contributed by atoms with Crippen molar-refractivity contribution in [2.45, 2.75) is 31.3 Å². The molecule has 0 saturated heterocycles.